The van der Waals surface area contributed by atoms with Crippen molar-refractivity contribution in [3.8, 4) is 5.75 Å². The number of ether oxygens (including phenoxy) is 1. The highest BCUT2D eigenvalue weighted by atomic mass is 35.5. The van der Waals surface area contributed by atoms with Gasteiger partial charge in [-0.2, -0.15) is 0 Å². The van der Waals surface area contributed by atoms with Crippen molar-refractivity contribution in [2.24, 2.45) is 11.1 Å². The number of nitrogens with two attached hydrogens (primary N) is 1. The summed E-state index contributed by atoms with van der Waals surface area (Å²) in [6, 6.07) is 18.2. The molecule has 0 aromatic heterocycles. The molecule has 0 bridgehead atoms. The van der Waals surface area contributed by atoms with Crippen molar-refractivity contribution in [3.63, 3.8) is 0 Å². The minimum atomic E-state index is -0.0468. The molecule has 0 saturated heterocycles. The average molecular weight is 306 g/mol. The molecular weight excluding hydrogens is 282 g/mol. The Labute approximate surface area is 133 Å². The second-order valence-electron chi connectivity index (χ2n) is 6.16. The van der Waals surface area contributed by atoms with Gasteiger partial charge in [-0.15, -0.1) is 12.4 Å². The zero-order valence-electron chi connectivity index (χ0n) is 12.9. The van der Waals surface area contributed by atoms with Gasteiger partial charge < -0.3 is 10.5 Å². The monoisotopic (exact) mass is 305 g/mol. The van der Waals surface area contributed by atoms with E-state index < -0.39 is 0 Å². The highest BCUT2D eigenvalue weighted by Crippen LogP contribution is 2.35. The minimum Gasteiger partial charge on any atom is -0.489 e. The normalized spacial score (nSPS) is 12.4. The van der Waals surface area contributed by atoms with Crippen molar-refractivity contribution in [3.05, 3.63) is 65.7 Å². The third-order valence-corrected chi connectivity index (χ3v) is 3.42. The van der Waals surface area contributed by atoms with Gasteiger partial charge in [0.15, 0.2) is 0 Å². The van der Waals surface area contributed by atoms with E-state index in [9.17, 15) is 0 Å². The molecule has 2 nitrogen and oxygen atoms in total. The molecule has 1 atom stereocenters. The minimum absolute atomic E-state index is 0. The quantitative estimate of drug-likeness (QED) is 0.886. The molecule has 0 aliphatic heterocycles. The Bertz CT molecular complexity index is 549. The average Bonchev–Trinajstić information content (AvgIpc) is 2.45. The molecule has 2 aromatic carbocycles. The third kappa shape index (κ3) is 4.76. The molecule has 0 fully saturated rings. The summed E-state index contributed by atoms with van der Waals surface area (Å²) in [6.07, 6.45) is 0. The summed E-state index contributed by atoms with van der Waals surface area (Å²) in [4.78, 5) is 0. The molecule has 0 heterocycles. The Kier molecular flexibility index (Phi) is 6.25. The van der Waals surface area contributed by atoms with Gasteiger partial charge >= 0.3 is 0 Å². The van der Waals surface area contributed by atoms with E-state index >= 15 is 0 Å². The molecule has 0 spiro atoms. The first-order chi connectivity index (χ1) is 9.48. The van der Waals surface area contributed by atoms with Crippen LogP contribution in [0.3, 0.4) is 0 Å². The largest absolute Gasteiger partial charge is 0.489 e. The van der Waals surface area contributed by atoms with E-state index in [0.717, 1.165) is 16.9 Å². The van der Waals surface area contributed by atoms with Crippen LogP contribution < -0.4 is 10.5 Å². The zero-order chi connectivity index (χ0) is 14.6. The summed E-state index contributed by atoms with van der Waals surface area (Å²) < 4.78 is 5.96. The van der Waals surface area contributed by atoms with Crippen LogP contribution in [0.1, 0.15) is 37.9 Å². The van der Waals surface area contributed by atoms with Crippen LogP contribution in [0.4, 0.5) is 0 Å². The van der Waals surface area contributed by atoms with Crippen molar-refractivity contribution >= 4 is 12.4 Å². The first kappa shape index (κ1) is 17.5. The van der Waals surface area contributed by atoms with E-state index in [0.29, 0.717) is 6.61 Å². The summed E-state index contributed by atoms with van der Waals surface area (Å²) in [6.45, 7) is 7.00. The Hall–Kier alpha value is -1.51. The number of para-hydroxylation sites is 1. The molecule has 114 valence electrons. The van der Waals surface area contributed by atoms with Gasteiger partial charge in [0, 0.05) is 11.6 Å². The van der Waals surface area contributed by atoms with Crippen LogP contribution in [0.15, 0.2) is 54.6 Å². The van der Waals surface area contributed by atoms with E-state index in [2.05, 4.69) is 39.0 Å². The number of hydrogen-bond donors (Lipinski definition) is 1. The molecule has 3 heteroatoms. The Morgan fingerprint density at radius 1 is 0.952 bits per heavy atom. The van der Waals surface area contributed by atoms with Crippen molar-refractivity contribution in [2.75, 3.05) is 0 Å². The highest BCUT2D eigenvalue weighted by Gasteiger charge is 2.24. The van der Waals surface area contributed by atoms with Crippen molar-refractivity contribution in [2.45, 2.75) is 33.4 Å². The van der Waals surface area contributed by atoms with Gasteiger partial charge in [0.2, 0.25) is 0 Å². The molecule has 2 N–H and O–H groups in total. The van der Waals surface area contributed by atoms with Crippen LogP contribution in [0.2, 0.25) is 0 Å². The van der Waals surface area contributed by atoms with E-state index in [4.69, 9.17) is 10.5 Å². The summed E-state index contributed by atoms with van der Waals surface area (Å²) in [7, 11) is 0. The SMILES string of the molecule is CC(C)(C)[C@H](N)c1ccccc1OCc1ccccc1.Cl. The zero-order valence-corrected chi connectivity index (χ0v) is 13.7. The topological polar surface area (TPSA) is 35.2 Å². The van der Waals surface area contributed by atoms with E-state index in [1.807, 2.05) is 36.4 Å². The third-order valence-electron chi connectivity index (χ3n) is 3.42. The Balaban J connectivity index is 0.00000220. The lowest BCUT2D eigenvalue weighted by atomic mass is 9.83. The maximum absolute atomic E-state index is 6.36. The second-order valence-corrected chi connectivity index (χ2v) is 6.16. The fourth-order valence-corrected chi connectivity index (χ4v) is 2.07. The van der Waals surface area contributed by atoms with E-state index in [-0.39, 0.29) is 23.9 Å². The molecule has 0 aliphatic carbocycles. The van der Waals surface area contributed by atoms with Crippen molar-refractivity contribution in [1.29, 1.82) is 0 Å². The molecule has 0 unspecified atom stereocenters. The first-order valence-corrected chi connectivity index (χ1v) is 7.00. The van der Waals surface area contributed by atoms with Crippen LogP contribution in [0.5, 0.6) is 5.75 Å². The van der Waals surface area contributed by atoms with Gasteiger partial charge in [-0.3, -0.25) is 0 Å². The van der Waals surface area contributed by atoms with Gasteiger partial charge in [-0.25, -0.2) is 0 Å². The molecule has 0 aliphatic rings. The summed E-state index contributed by atoms with van der Waals surface area (Å²) in [5.74, 6) is 0.874. The Morgan fingerprint density at radius 3 is 2.14 bits per heavy atom. The van der Waals surface area contributed by atoms with Crippen LogP contribution in [-0.2, 0) is 6.61 Å². The van der Waals surface area contributed by atoms with Gasteiger partial charge in [0.25, 0.3) is 0 Å². The second kappa shape index (κ2) is 7.48. The maximum Gasteiger partial charge on any atom is 0.124 e. The lowest BCUT2D eigenvalue weighted by molar-refractivity contribution is 0.280. The summed E-state index contributed by atoms with van der Waals surface area (Å²) in [5, 5.41) is 0. The Morgan fingerprint density at radius 2 is 1.52 bits per heavy atom. The summed E-state index contributed by atoms with van der Waals surface area (Å²) >= 11 is 0. The van der Waals surface area contributed by atoms with Gasteiger partial charge in [0.05, 0.1) is 0 Å². The number of halogens is 1. The predicted octanol–water partition coefficient (Wildman–Crippen LogP) is 4.73. The molecule has 2 rings (SSSR count). The lowest BCUT2D eigenvalue weighted by Crippen LogP contribution is -2.26. The molecule has 0 amide bonds. The first-order valence-electron chi connectivity index (χ1n) is 7.00. The van der Waals surface area contributed by atoms with Crippen LogP contribution in [-0.4, -0.2) is 0 Å². The molecule has 0 radical (unpaired) electrons. The van der Waals surface area contributed by atoms with Crippen molar-refractivity contribution in [1.82, 2.24) is 0 Å². The molecular formula is C18H24ClNO. The van der Waals surface area contributed by atoms with Gasteiger partial charge in [-0.05, 0) is 17.0 Å². The molecule has 0 saturated carbocycles. The number of hydrogen-bond acceptors (Lipinski definition) is 2. The molecule has 21 heavy (non-hydrogen) atoms. The predicted molar refractivity (Wildman–Crippen MR) is 90.8 cm³/mol. The van der Waals surface area contributed by atoms with Crippen molar-refractivity contribution < 1.29 is 4.74 Å². The van der Waals surface area contributed by atoms with Crippen LogP contribution in [0, 0.1) is 5.41 Å². The van der Waals surface area contributed by atoms with E-state index in [1.54, 1.807) is 0 Å². The lowest BCUT2D eigenvalue weighted by Gasteiger charge is -2.28. The van der Waals surface area contributed by atoms with E-state index in [1.165, 1.54) is 0 Å². The number of rotatable bonds is 4. The van der Waals surface area contributed by atoms with Crippen LogP contribution in [0.25, 0.3) is 0 Å². The fraction of sp³-hybridized carbons (Fsp3) is 0.333. The summed E-state index contributed by atoms with van der Waals surface area (Å²) in [5.41, 5.74) is 8.59. The van der Waals surface area contributed by atoms with Gasteiger partial charge in [-0.1, -0.05) is 69.3 Å². The number of benzene rings is 2. The fourth-order valence-electron chi connectivity index (χ4n) is 2.07. The maximum atomic E-state index is 6.36. The van der Waals surface area contributed by atoms with Crippen LogP contribution >= 0.6 is 12.4 Å². The molecule has 2 aromatic rings. The smallest absolute Gasteiger partial charge is 0.124 e. The van der Waals surface area contributed by atoms with Gasteiger partial charge in [0.1, 0.15) is 12.4 Å². The highest BCUT2D eigenvalue weighted by molar-refractivity contribution is 5.85. The standard InChI is InChI=1S/C18H23NO.ClH/c1-18(2,3)17(19)15-11-7-8-12-16(15)20-13-14-9-5-4-6-10-14;/h4-12,17H,13,19H2,1-3H3;1H/t17-;/m1./s1.